The van der Waals surface area contributed by atoms with Gasteiger partial charge in [-0.15, -0.1) is 0 Å². The van der Waals surface area contributed by atoms with Gasteiger partial charge in [-0.1, -0.05) is 19.3 Å². The van der Waals surface area contributed by atoms with E-state index in [1.165, 1.54) is 38.5 Å². The van der Waals surface area contributed by atoms with Crippen LogP contribution in [0.2, 0.25) is 0 Å². The van der Waals surface area contributed by atoms with Crippen molar-refractivity contribution in [1.82, 2.24) is 5.32 Å². The third kappa shape index (κ3) is 3.08. The molecule has 1 saturated heterocycles. The van der Waals surface area contributed by atoms with Crippen molar-refractivity contribution < 1.29 is 14.2 Å². The predicted octanol–water partition coefficient (Wildman–Crippen LogP) is 2.90. The molecule has 3 rings (SSSR count). The van der Waals surface area contributed by atoms with Crippen LogP contribution in [0.3, 0.4) is 0 Å². The van der Waals surface area contributed by atoms with Crippen molar-refractivity contribution in [2.24, 2.45) is 5.41 Å². The Labute approximate surface area is 135 Å². The van der Waals surface area contributed by atoms with Crippen molar-refractivity contribution in [3.8, 4) is 0 Å². The quantitative estimate of drug-likeness (QED) is 0.819. The first kappa shape index (κ1) is 16.7. The summed E-state index contributed by atoms with van der Waals surface area (Å²) in [6, 6.07) is 0.610. The molecular weight excluding hydrogens is 278 g/mol. The van der Waals surface area contributed by atoms with Gasteiger partial charge >= 0.3 is 0 Å². The van der Waals surface area contributed by atoms with E-state index in [0.29, 0.717) is 17.6 Å². The Balaban J connectivity index is 1.59. The van der Waals surface area contributed by atoms with Crippen LogP contribution in [0.5, 0.6) is 0 Å². The first-order valence-corrected chi connectivity index (χ1v) is 9.23. The maximum atomic E-state index is 6.05. The summed E-state index contributed by atoms with van der Waals surface area (Å²) >= 11 is 0. The molecule has 0 aromatic heterocycles. The van der Waals surface area contributed by atoms with Gasteiger partial charge in [-0.2, -0.15) is 0 Å². The molecule has 0 radical (unpaired) electrons. The molecule has 1 heterocycles. The third-order valence-electron chi connectivity index (χ3n) is 6.44. The Morgan fingerprint density at radius 1 is 1.09 bits per heavy atom. The van der Waals surface area contributed by atoms with Gasteiger partial charge in [0.2, 0.25) is 0 Å². The van der Waals surface area contributed by atoms with Crippen LogP contribution in [-0.4, -0.2) is 51.2 Å². The summed E-state index contributed by atoms with van der Waals surface area (Å²) in [5.41, 5.74) is 0.374. The highest BCUT2D eigenvalue weighted by Gasteiger charge is 2.55. The molecule has 2 atom stereocenters. The van der Waals surface area contributed by atoms with Crippen LogP contribution >= 0.6 is 0 Å². The van der Waals surface area contributed by atoms with Crippen molar-refractivity contribution in [3.63, 3.8) is 0 Å². The van der Waals surface area contributed by atoms with Crippen LogP contribution in [0.15, 0.2) is 0 Å². The topological polar surface area (TPSA) is 39.7 Å². The van der Waals surface area contributed by atoms with E-state index in [-0.39, 0.29) is 5.60 Å². The molecule has 1 N–H and O–H groups in total. The first-order chi connectivity index (χ1) is 10.7. The largest absolute Gasteiger partial charge is 0.381 e. The molecule has 3 aliphatic rings. The zero-order valence-corrected chi connectivity index (χ0v) is 14.4. The highest BCUT2D eigenvalue weighted by Crippen LogP contribution is 2.53. The van der Waals surface area contributed by atoms with Crippen molar-refractivity contribution in [2.75, 3.05) is 33.5 Å². The molecule has 1 spiro atoms. The summed E-state index contributed by atoms with van der Waals surface area (Å²) in [6.45, 7) is 5.58. The zero-order valence-electron chi connectivity index (χ0n) is 14.4. The van der Waals surface area contributed by atoms with Crippen LogP contribution < -0.4 is 5.32 Å². The summed E-state index contributed by atoms with van der Waals surface area (Å²) in [5.74, 6) is 0. The SMILES string of the molecule is CCOC1CC(NCC2(OC)CCOCC2)C12CCCCC2. The van der Waals surface area contributed by atoms with Gasteiger partial charge in [0.05, 0.1) is 11.7 Å². The van der Waals surface area contributed by atoms with Gasteiger partial charge in [0.25, 0.3) is 0 Å². The van der Waals surface area contributed by atoms with Crippen LogP contribution in [0.25, 0.3) is 0 Å². The fourth-order valence-electron chi connectivity index (χ4n) is 4.86. The van der Waals surface area contributed by atoms with Crippen molar-refractivity contribution in [2.45, 2.75) is 76.0 Å². The van der Waals surface area contributed by atoms with Gasteiger partial charge in [-0.25, -0.2) is 0 Å². The Morgan fingerprint density at radius 3 is 2.45 bits per heavy atom. The fraction of sp³-hybridized carbons (Fsp3) is 1.00. The number of nitrogens with one attached hydrogen (secondary N) is 1. The van der Waals surface area contributed by atoms with E-state index in [1.807, 2.05) is 7.11 Å². The Morgan fingerprint density at radius 2 is 1.82 bits per heavy atom. The molecule has 0 bridgehead atoms. The molecule has 2 saturated carbocycles. The number of rotatable bonds is 6. The lowest BCUT2D eigenvalue weighted by molar-refractivity contribution is -0.157. The Kier molecular flexibility index (Phi) is 5.43. The molecule has 2 aliphatic carbocycles. The van der Waals surface area contributed by atoms with E-state index in [4.69, 9.17) is 14.2 Å². The first-order valence-electron chi connectivity index (χ1n) is 9.23. The number of hydrogen-bond acceptors (Lipinski definition) is 4. The molecule has 0 aromatic carbocycles. The van der Waals surface area contributed by atoms with E-state index < -0.39 is 0 Å². The number of ether oxygens (including phenoxy) is 3. The second-order valence-electron chi connectivity index (χ2n) is 7.41. The minimum atomic E-state index is -0.0230. The number of methoxy groups -OCH3 is 1. The average molecular weight is 311 g/mol. The molecule has 4 nitrogen and oxygen atoms in total. The molecule has 2 unspecified atom stereocenters. The summed E-state index contributed by atoms with van der Waals surface area (Å²) in [5, 5.41) is 3.87. The van der Waals surface area contributed by atoms with Gasteiger partial charge < -0.3 is 19.5 Å². The van der Waals surface area contributed by atoms with Crippen LogP contribution in [0.4, 0.5) is 0 Å². The lowest BCUT2D eigenvalue weighted by Crippen LogP contribution is -2.66. The lowest BCUT2D eigenvalue weighted by Gasteiger charge is -2.58. The molecule has 3 fully saturated rings. The monoisotopic (exact) mass is 311 g/mol. The van der Waals surface area contributed by atoms with E-state index >= 15 is 0 Å². The summed E-state index contributed by atoms with van der Waals surface area (Å²) in [6.07, 6.45) is 10.4. The van der Waals surface area contributed by atoms with E-state index in [1.54, 1.807) is 0 Å². The highest BCUT2D eigenvalue weighted by atomic mass is 16.5. The molecule has 0 aromatic rings. The molecule has 1 aliphatic heterocycles. The second-order valence-corrected chi connectivity index (χ2v) is 7.41. The zero-order chi connectivity index (χ0) is 15.5. The van der Waals surface area contributed by atoms with E-state index in [0.717, 1.165) is 39.2 Å². The van der Waals surface area contributed by atoms with Crippen molar-refractivity contribution >= 4 is 0 Å². The third-order valence-corrected chi connectivity index (χ3v) is 6.44. The van der Waals surface area contributed by atoms with Gasteiger partial charge in [0.15, 0.2) is 0 Å². The summed E-state index contributed by atoms with van der Waals surface area (Å²) < 4.78 is 17.4. The maximum absolute atomic E-state index is 6.05. The molecule has 4 heteroatoms. The fourth-order valence-corrected chi connectivity index (χ4v) is 4.86. The maximum Gasteiger partial charge on any atom is 0.0846 e. The van der Waals surface area contributed by atoms with Crippen molar-refractivity contribution in [1.29, 1.82) is 0 Å². The van der Waals surface area contributed by atoms with E-state index in [9.17, 15) is 0 Å². The van der Waals surface area contributed by atoms with Crippen LogP contribution in [0.1, 0.15) is 58.3 Å². The van der Waals surface area contributed by atoms with Gasteiger partial charge in [0.1, 0.15) is 0 Å². The normalized spacial score (nSPS) is 33.5. The average Bonchev–Trinajstić information content (AvgIpc) is 2.59. The molecule has 22 heavy (non-hydrogen) atoms. The van der Waals surface area contributed by atoms with Gasteiger partial charge in [0, 0.05) is 57.8 Å². The predicted molar refractivity (Wildman–Crippen MR) is 87.1 cm³/mol. The Bertz CT molecular complexity index is 348. The number of hydrogen-bond donors (Lipinski definition) is 1. The van der Waals surface area contributed by atoms with E-state index in [2.05, 4.69) is 12.2 Å². The van der Waals surface area contributed by atoms with Crippen molar-refractivity contribution in [3.05, 3.63) is 0 Å². The molecule has 0 amide bonds. The summed E-state index contributed by atoms with van der Waals surface area (Å²) in [4.78, 5) is 0. The Hall–Kier alpha value is -0.160. The molecular formula is C18H33NO3. The minimum Gasteiger partial charge on any atom is -0.381 e. The standard InChI is InChI=1S/C18H33NO3/c1-3-22-16-13-15(18(16)7-5-4-6-8-18)19-14-17(20-2)9-11-21-12-10-17/h15-16,19H,3-14H2,1-2H3. The lowest BCUT2D eigenvalue weighted by atomic mass is 9.55. The smallest absolute Gasteiger partial charge is 0.0846 e. The minimum absolute atomic E-state index is 0.0230. The second kappa shape index (κ2) is 7.16. The van der Waals surface area contributed by atoms with Crippen LogP contribution in [0, 0.1) is 5.41 Å². The van der Waals surface area contributed by atoms with Crippen LogP contribution in [-0.2, 0) is 14.2 Å². The summed E-state index contributed by atoms with van der Waals surface area (Å²) in [7, 11) is 1.85. The highest BCUT2D eigenvalue weighted by molar-refractivity contribution is 5.09. The van der Waals surface area contributed by atoms with Gasteiger partial charge in [-0.3, -0.25) is 0 Å². The van der Waals surface area contributed by atoms with Gasteiger partial charge in [-0.05, 0) is 26.2 Å². The molecule has 128 valence electrons.